The number of hydrogen-bond acceptors (Lipinski definition) is 7. The highest BCUT2D eigenvalue weighted by atomic mass is 35.5. The lowest BCUT2D eigenvalue weighted by molar-refractivity contribution is -0.146. The van der Waals surface area contributed by atoms with Crippen molar-refractivity contribution in [3.8, 4) is 5.75 Å². The predicted molar refractivity (Wildman–Crippen MR) is 189 cm³/mol. The third-order valence-corrected chi connectivity index (χ3v) is 8.75. The SMILES string of the molecule is CC.CCC(C)c1cccc(Cl)c1C(=O)Nc1ccc(CC(NC(=O)c2c(O)cccc2Cl)C(=O)OCCN2CCN(C)CC2)cc1. The number of ether oxygens (including phenoxy) is 1. The number of rotatable bonds is 12. The van der Waals surface area contributed by atoms with Crippen molar-refractivity contribution in [3.63, 3.8) is 0 Å². The van der Waals surface area contributed by atoms with Crippen LogP contribution in [0, 0.1) is 0 Å². The van der Waals surface area contributed by atoms with E-state index in [4.69, 9.17) is 27.9 Å². The van der Waals surface area contributed by atoms with Crippen LogP contribution in [0.5, 0.6) is 5.75 Å². The number of piperazine rings is 1. The van der Waals surface area contributed by atoms with Crippen LogP contribution in [0.3, 0.4) is 0 Å². The standard InChI is InChI=1S/C34H40Cl2N4O5.C2H6/c1-4-22(2)25-7-5-8-26(35)30(25)32(42)37-24-13-11-23(12-14-24)21-28(38-33(43)31-27(36)9-6-10-29(31)41)34(44)45-20-19-40-17-15-39(3)16-18-40;1-2/h5-14,22,28,41H,4,15-21H2,1-3H3,(H,37,42)(H,38,43);1-2H3. The average molecular weight is 686 g/mol. The first-order chi connectivity index (χ1) is 22.6. The zero-order valence-electron chi connectivity index (χ0n) is 27.8. The highest BCUT2D eigenvalue weighted by molar-refractivity contribution is 6.35. The Morgan fingerprint density at radius 2 is 1.51 bits per heavy atom. The number of halogens is 2. The minimum Gasteiger partial charge on any atom is -0.507 e. The van der Waals surface area contributed by atoms with Gasteiger partial charge in [0.15, 0.2) is 0 Å². The molecule has 1 saturated heterocycles. The molecule has 9 nitrogen and oxygen atoms in total. The van der Waals surface area contributed by atoms with Crippen molar-refractivity contribution in [2.24, 2.45) is 0 Å². The molecule has 47 heavy (non-hydrogen) atoms. The predicted octanol–water partition coefficient (Wildman–Crippen LogP) is 6.62. The Morgan fingerprint density at radius 3 is 2.13 bits per heavy atom. The minimum absolute atomic E-state index is 0.0600. The molecule has 1 aliphatic rings. The van der Waals surface area contributed by atoms with Crippen molar-refractivity contribution in [2.45, 2.75) is 52.5 Å². The number of anilines is 1. The molecule has 3 aromatic carbocycles. The first-order valence-electron chi connectivity index (χ1n) is 16.1. The Hall–Kier alpha value is -3.63. The van der Waals surface area contributed by atoms with Crippen LogP contribution in [0.15, 0.2) is 60.7 Å². The van der Waals surface area contributed by atoms with E-state index in [1.807, 2.05) is 26.0 Å². The molecule has 2 amide bonds. The summed E-state index contributed by atoms with van der Waals surface area (Å²) in [4.78, 5) is 44.1. The molecule has 0 aromatic heterocycles. The van der Waals surface area contributed by atoms with Gasteiger partial charge in [-0.1, -0.05) is 81.2 Å². The maximum absolute atomic E-state index is 13.3. The second-order valence-electron chi connectivity index (χ2n) is 11.3. The molecule has 0 radical (unpaired) electrons. The summed E-state index contributed by atoms with van der Waals surface area (Å²) in [6, 6.07) is 15.8. The van der Waals surface area contributed by atoms with Gasteiger partial charge >= 0.3 is 5.97 Å². The molecular formula is C36H46Cl2N4O5. The zero-order valence-corrected chi connectivity index (χ0v) is 29.3. The Balaban J connectivity index is 0.00000294. The highest BCUT2D eigenvalue weighted by Gasteiger charge is 2.27. The topological polar surface area (TPSA) is 111 Å². The van der Waals surface area contributed by atoms with Crippen molar-refractivity contribution in [1.29, 1.82) is 0 Å². The summed E-state index contributed by atoms with van der Waals surface area (Å²) in [7, 11) is 2.07. The van der Waals surface area contributed by atoms with E-state index in [0.717, 1.165) is 43.7 Å². The maximum Gasteiger partial charge on any atom is 0.329 e. The molecule has 1 fully saturated rings. The first-order valence-corrected chi connectivity index (χ1v) is 16.9. The molecule has 2 unspecified atom stereocenters. The normalized spacial score (nSPS) is 14.7. The van der Waals surface area contributed by atoms with E-state index in [9.17, 15) is 19.5 Å². The largest absolute Gasteiger partial charge is 0.507 e. The third-order valence-electron chi connectivity index (χ3n) is 8.12. The Labute approximate surface area is 288 Å². The first kappa shape index (κ1) is 37.8. The van der Waals surface area contributed by atoms with Crippen LogP contribution in [0.1, 0.15) is 71.9 Å². The second kappa shape index (κ2) is 18.6. The lowest BCUT2D eigenvalue weighted by Gasteiger charge is -2.32. The molecule has 3 N–H and O–H groups in total. The number of hydrogen-bond donors (Lipinski definition) is 3. The van der Waals surface area contributed by atoms with Gasteiger partial charge in [0.05, 0.1) is 21.2 Å². The Kier molecular flexibility index (Phi) is 15.0. The zero-order chi connectivity index (χ0) is 34.5. The summed E-state index contributed by atoms with van der Waals surface area (Å²) >= 11 is 12.6. The molecule has 1 aliphatic heterocycles. The fourth-order valence-corrected chi connectivity index (χ4v) is 5.70. The average Bonchev–Trinajstić information content (AvgIpc) is 3.06. The van der Waals surface area contributed by atoms with Crippen molar-refractivity contribution in [1.82, 2.24) is 15.1 Å². The van der Waals surface area contributed by atoms with Crippen molar-refractivity contribution >= 4 is 46.7 Å². The van der Waals surface area contributed by atoms with Crippen LogP contribution >= 0.6 is 23.2 Å². The van der Waals surface area contributed by atoms with Gasteiger partial charge < -0.3 is 25.4 Å². The van der Waals surface area contributed by atoms with E-state index in [1.165, 1.54) is 18.2 Å². The summed E-state index contributed by atoms with van der Waals surface area (Å²) in [6.45, 7) is 12.5. The molecule has 2 atom stereocenters. The molecule has 0 spiro atoms. The lowest BCUT2D eigenvalue weighted by Crippen LogP contribution is -2.47. The van der Waals surface area contributed by atoms with Crippen LogP contribution in [-0.2, 0) is 16.0 Å². The van der Waals surface area contributed by atoms with Gasteiger partial charge in [-0.2, -0.15) is 0 Å². The summed E-state index contributed by atoms with van der Waals surface area (Å²) in [5.74, 6) is -1.74. The third kappa shape index (κ3) is 10.7. The fourth-order valence-electron chi connectivity index (χ4n) is 5.17. The summed E-state index contributed by atoms with van der Waals surface area (Å²) in [5, 5.41) is 16.3. The number of nitrogens with one attached hydrogen (secondary N) is 2. The van der Waals surface area contributed by atoms with Crippen LogP contribution in [0.2, 0.25) is 10.0 Å². The summed E-state index contributed by atoms with van der Waals surface area (Å²) in [6.07, 6.45) is 0.975. The number of phenolic OH excluding ortho intramolecular Hbond substituents is 1. The number of aromatic hydroxyl groups is 1. The molecule has 1 heterocycles. The Morgan fingerprint density at radius 1 is 0.894 bits per heavy atom. The molecule has 254 valence electrons. The van der Waals surface area contributed by atoms with Gasteiger partial charge in [-0.15, -0.1) is 0 Å². The van der Waals surface area contributed by atoms with Crippen LogP contribution in [0.4, 0.5) is 5.69 Å². The van der Waals surface area contributed by atoms with E-state index in [2.05, 4.69) is 41.3 Å². The van der Waals surface area contributed by atoms with E-state index >= 15 is 0 Å². The minimum atomic E-state index is -1.05. The van der Waals surface area contributed by atoms with Gasteiger partial charge in [0.1, 0.15) is 18.4 Å². The van der Waals surface area contributed by atoms with Crippen LogP contribution in [0.25, 0.3) is 0 Å². The number of esters is 1. The molecule has 11 heteroatoms. The van der Waals surface area contributed by atoms with Crippen molar-refractivity contribution in [2.75, 3.05) is 51.7 Å². The summed E-state index contributed by atoms with van der Waals surface area (Å²) < 4.78 is 5.61. The van der Waals surface area contributed by atoms with Crippen LogP contribution < -0.4 is 10.6 Å². The quantitative estimate of drug-likeness (QED) is 0.184. The number of phenols is 1. The molecule has 4 rings (SSSR count). The van der Waals surface area contributed by atoms with Crippen LogP contribution in [-0.4, -0.2) is 85.1 Å². The van der Waals surface area contributed by atoms with E-state index in [0.29, 0.717) is 22.8 Å². The van der Waals surface area contributed by atoms with Gasteiger partial charge in [0.2, 0.25) is 0 Å². The number of carbonyl (C=O) groups excluding carboxylic acids is 3. The number of likely N-dealkylation sites (N-methyl/N-ethyl adjacent to an activating group) is 1. The van der Waals surface area contributed by atoms with Gasteiger partial charge in [-0.25, -0.2) is 4.79 Å². The molecule has 0 aliphatic carbocycles. The number of benzene rings is 3. The van der Waals surface area contributed by atoms with Crippen molar-refractivity contribution in [3.05, 3.63) is 93.0 Å². The highest BCUT2D eigenvalue weighted by Crippen LogP contribution is 2.29. The monoisotopic (exact) mass is 684 g/mol. The number of nitrogens with zero attached hydrogens (tertiary/aromatic N) is 2. The smallest absolute Gasteiger partial charge is 0.329 e. The second-order valence-corrected chi connectivity index (χ2v) is 12.2. The van der Waals surface area contributed by atoms with Gasteiger partial charge in [-0.05, 0) is 60.8 Å². The maximum atomic E-state index is 13.3. The fraction of sp³-hybridized carbons (Fsp3) is 0.417. The Bertz CT molecular complexity index is 1470. The van der Waals surface area contributed by atoms with Gasteiger partial charge in [0, 0.05) is 44.8 Å². The molecule has 0 bridgehead atoms. The van der Waals surface area contributed by atoms with Gasteiger partial charge in [-0.3, -0.25) is 14.5 Å². The molecular weight excluding hydrogens is 639 g/mol. The lowest BCUT2D eigenvalue weighted by atomic mass is 9.93. The van der Waals surface area contributed by atoms with E-state index < -0.39 is 17.9 Å². The number of carbonyl (C=O) groups is 3. The van der Waals surface area contributed by atoms with Crippen molar-refractivity contribution < 1.29 is 24.2 Å². The molecule has 0 saturated carbocycles. The van der Waals surface area contributed by atoms with E-state index in [1.54, 1.807) is 30.3 Å². The number of amides is 2. The van der Waals surface area contributed by atoms with Gasteiger partial charge in [0.25, 0.3) is 11.8 Å². The molecule has 3 aromatic rings. The summed E-state index contributed by atoms with van der Waals surface area (Å²) in [5.41, 5.74) is 2.48. The van der Waals surface area contributed by atoms with E-state index in [-0.39, 0.29) is 41.2 Å².